The number of benzene rings is 2. The van der Waals surface area contributed by atoms with Crippen LogP contribution in [0.4, 0.5) is 0 Å². The molecule has 2 aliphatic carbocycles. The molecule has 0 saturated heterocycles. The Morgan fingerprint density at radius 2 is 1.32 bits per heavy atom. The molecule has 2 atom stereocenters. The fraction of sp³-hybridized carbons (Fsp3) is 0.368. The SMILES string of the molecule is O=S(=O)(c1ccccc1)C1C2CCCC1C2c1ccccc1. The minimum Gasteiger partial charge on any atom is -0.223 e. The Morgan fingerprint density at radius 3 is 1.91 bits per heavy atom. The largest absolute Gasteiger partial charge is 0.223 e. The molecule has 4 rings (SSSR count). The summed E-state index contributed by atoms with van der Waals surface area (Å²) in [6.45, 7) is 0. The molecule has 3 heteroatoms. The van der Waals surface area contributed by atoms with Gasteiger partial charge in [0.05, 0.1) is 10.1 Å². The van der Waals surface area contributed by atoms with Crippen LogP contribution in [0.5, 0.6) is 0 Å². The highest BCUT2D eigenvalue weighted by atomic mass is 32.2. The summed E-state index contributed by atoms with van der Waals surface area (Å²) in [5, 5.41) is -0.186. The highest BCUT2D eigenvalue weighted by Crippen LogP contribution is 2.59. The van der Waals surface area contributed by atoms with Crippen LogP contribution in [0.15, 0.2) is 65.6 Å². The fourth-order valence-electron chi connectivity index (χ4n) is 4.57. The summed E-state index contributed by atoms with van der Waals surface area (Å²) in [7, 11) is -3.20. The maximum atomic E-state index is 13.0. The number of fused-ring (bicyclic) bond motifs is 2. The van der Waals surface area contributed by atoms with Crippen molar-refractivity contribution >= 4 is 9.84 Å². The first-order valence-electron chi connectivity index (χ1n) is 8.03. The van der Waals surface area contributed by atoms with E-state index in [1.54, 1.807) is 12.1 Å². The molecule has 2 fully saturated rings. The molecule has 2 nitrogen and oxygen atoms in total. The molecule has 114 valence electrons. The van der Waals surface area contributed by atoms with Gasteiger partial charge in [0.1, 0.15) is 0 Å². The Morgan fingerprint density at radius 1 is 0.773 bits per heavy atom. The Kier molecular flexibility index (Phi) is 3.33. The Bertz CT molecular complexity index is 741. The van der Waals surface area contributed by atoms with E-state index in [4.69, 9.17) is 0 Å². The first kappa shape index (κ1) is 14.0. The average molecular weight is 312 g/mol. The highest BCUT2D eigenvalue weighted by molar-refractivity contribution is 7.92. The summed E-state index contributed by atoms with van der Waals surface area (Å²) in [5.74, 6) is 0.996. The smallest absolute Gasteiger partial charge is 0.181 e. The second-order valence-corrected chi connectivity index (χ2v) is 8.62. The number of rotatable bonds is 3. The molecule has 0 spiro atoms. The molecular formula is C19H20O2S. The lowest BCUT2D eigenvalue weighted by Crippen LogP contribution is -2.56. The summed E-state index contributed by atoms with van der Waals surface area (Å²) in [5.41, 5.74) is 1.32. The van der Waals surface area contributed by atoms with E-state index in [1.165, 1.54) is 12.0 Å². The van der Waals surface area contributed by atoms with Gasteiger partial charge in [-0.1, -0.05) is 55.0 Å². The second-order valence-electron chi connectivity index (χ2n) is 6.52. The number of hydrogen-bond acceptors (Lipinski definition) is 2. The molecule has 2 saturated carbocycles. The molecule has 0 N–H and O–H groups in total. The molecule has 22 heavy (non-hydrogen) atoms. The maximum absolute atomic E-state index is 13.0. The van der Waals surface area contributed by atoms with E-state index < -0.39 is 9.84 Å². The van der Waals surface area contributed by atoms with Gasteiger partial charge in [-0.15, -0.1) is 0 Å². The van der Waals surface area contributed by atoms with E-state index in [0.717, 1.165) is 12.8 Å². The highest BCUT2D eigenvalue weighted by Gasteiger charge is 2.58. The third-order valence-electron chi connectivity index (χ3n) is 5.46. The second kappa shape index (κ2) is 5.24. The van der Waals surface area contributed by atoms with Gasteiger partial charge < -0.3 is 0 Å². The lowest BCUT2D eigenvalue weighted by molar-refractivity contribution is 0.0786. The molecular weight excluding hydrogens is 292 g/mol. The van der Waals surface area contributed by atoms with Gasteiger partial charge in [-0.3, -0.25) is 0 Å². The lowest BCUT2D eigenvalue weighted by atomic mass is 9.54. The topological polar surface area (TPSA) is 34.1 Å². The van der Waals surface area contributed by atoms with E-state index in [-0.39, 0.29) is 17.1 Å². The molecule has 2 aromatic carbocycles. The van der Waals surface area contributed by atoms with Crippen molar-refractivity contribution in [3.05, 3.63) is 66.2 Å². The van der Waals surface area contributed by atoms with Crippen molar-refractivity contribution in [2.75, 3.05) is 0 Å². The Labute approximate surface area is 132 Å². The molecule has 2 aromatic rings. The van der Waals surface area contributed by atoms with Gasteiger partial charge in [-0.05, 0) is 48.3 Å². The third kappa shape index (κ3) is 2.03. The number of sulfone groups is 1. The van der Waals surface area contributed by atoms with Crippen molar-refractivity contribution in [1.82, 2.24) is 0 Å². The fourth-order valence-corrected chi connectivity index (χ4v) is 6.95. The monoisotopic (exact) mass is 312 g/mol. The Hall–Kier alpha value is -1.61. The van der Waals surface area contributed by atoms with Crippen LogP contribution >= 0.6 is 0 Å². The molecule has 0 heterocycles. The van der Waals surface area contributed by atoms with E-state index >= 15 is 0 Å². The van der Waals surface area contributed by atoms with Crippen molar-refractivity contribution in [2.24, 2.45) is 11.8 Å². The first-order valence-corrected chi connectivity index (χ1v) is 9.58. The Balaban J connectivity index is 1.68. The van der Waals surface area contributed by atoms with Crippen LogP contribution < -0.4 is 0 Å². The minimum absolute atomic E-state index is 0.186. The zero-order chi connectivity index (χ0) is 15.2. The van der Waals surface area contributed by atoms with Gasteiger partial charge in [0, 0.05) is 0 Å². The van der Waals surface area contributed by atoms with Crippen LogP contribution in [0.25, 0.3) is 0 Å². The van der Waals surface area contributed by atoms with Crippen LogP contribution in [-0.2, 0) is 9.84 Å². The van der Waals surface area contributed by atoms with Crippen LogP contribution in [0, 0.1) is 11.8 Å². The van der Waals surface area contributed by atoms with Crippen LogP contribution in [-0.4, -0.2) is 13.7 Å². The quantitative estimate of drug-likeness (QED) is 0.857. The predicted octanol–water partition coefficient (Wildman–Crippen LogP) is 4.04. The summed E-state index contributed by atoms with van der Waals surface area (Å²) in [6, 6.07) is 19.4. The van der Waals surface area contributed by atoms with Crippen molar-refractivity contribution < 1.29 is 8.42 Å². The van der Waals surface area contributed by atoms with Crippen molar-refractivity contribution in [1.29, 1.82) is 0 Å². The summed E-state index contributed by atoms with van der Waals surface area (Å²) < 4.78 is 26.0. The average Bonchev–Trinajstić information content (AvgIpc) is 2.57. The summed E-state index contributed by atoms with van der Waals surface area (Å²) >= 11 is 0. The molecule has 2 bridgehead atoms. The van der Waals surface area contributed by atoms with Crippen LogP contribution in [0.3, 0.4) is 0 Å². The molecule has 2 aliphatic rings. The van der Waals surface area contributed by atoms with Gasteiger partial charge in [-0.2, -0.15) is 0 Å². The minimum atomic E-state index is -3.20. The van der Waals surface area contributed by atoms with Gasteiger partial charge in [-0.25, -0.2) is 8.42 Å². The molecule has 0 aliphatic heterocycles. The van der Waals surface area contributed by atoms with Crippen molar-refractivity contribution in [3.8, 4) is 0 Å². The van der Waals surface area contributed by atoms with Gasteiger partial charge in [0.2, 0.25) is 0 Å². The lowest BCUT2D eigenvalue weighted by Gasteiger charge is -2.55. The first-order chi connectivity index (χ1) is 10.7. The van der Waals surface area contributed by atoms with Gasteiger partial charge >= 0.3 is 0 Å². The summed E-state index contributed by atoms with van der Waals surface area (Å²) in [4.78, 5) is 0.489. The van der Waals surface area contributed by atoms with E-state index in [1.807, 2.05) is 24.3 Å². The van der Waals surface area contributed by atoms with E-state index in [0.29, 0.717) is 10.8 Å². The summed E-state index contributed by atoms with van der Waals surface area (Å²) in [6.07, 6.45) is 3.24. The van der Waals surface area contributed by atoms with Crippen LogP contribution in [0.2, 0.25) is 0 Å². The predicted molar refractivity (Wildman–Crippen MR) is 87.4 cm³/mol. The third-order valence-corrected chi connectivity index (χ3v) is 7.80. The van der Waals surface area contributed by atoms with Crippen molar-refractivity contribution in [3.63, 3.8) is 0 Å². The van der Waals surface area contributed by atoms with E-state index in [9.17, 15) is 8.42 Å². The normalized spacial score (nSPS) is 30.5. The van der Waals surface area contributed by atoms with Gasteiger partial charge in [0.25, 0.3) is 0 Å². The van der Waals surface area contributed by atoms with Crippen LogP contribution in [0.1, 0.15) is 30.7 Å². The molecule has 0 amide bonds. The number of hydrogen-bond donors (Lipinski definition) is 0. The molecule has 0 radical (unpaired) electrons. The molecule has 2 unspecified atom stereocenters. The molecule has 0 aromatic heterocycles. The zero-order valence-corrected chi connectivity index (χ0v) is 13.2. The maximum Gasteiger partial charge on any atom is 0.181 e. The van der Waals surface area contributed by atoms with E-state index in [2.05, 4.69) is 24.3 Å². The standard InChI is InChI=1S/C19H20O2S/c20-22(21,15-10-5-2-6-11-15)19-16-12-7-13-17(19)18(16)14-8-3-1-4-9-14/h1-6,8-11,16-19H,7,12-13H2. The van der Waals surface area contributed by atoms with Gasteiger partial charge in [0.15, 0.2) is 9.84 Å². The zero-order valence-electron chi connectivity index (χ0n) is 12.4. The van der Waals surface area contributed by atoms with Crippen molar-refractivity contribution in [2.45, 2.75) is 35.3 Å².